The Labute approximate surface area is 113 Å². The minimum absolute atomic E-state index is 0.0791. The zero-order chi connectivity index (χ0) is 14.2. The van der Waals surface area contributed by atoms with E-state index in [4.69, 9.17) is 11.6 Å². The van der Waals surface area contributed by atoms with Crippen LogP contribution in [0.15, 0.2) is 0 Å². The number of hydrogen-bond acceptors (Lipinski definition) is 2. The van der Waals surface area contributed by atoms with E-state index in [1.54, 1.807) is 11.7 Å². The van der Waals surface area contributed by atoms with Gasteiger partial charge in [0, 0.05) is 13.6 Å². The van der Waals surface area contributed by atoms with Crippen molar-refractivity contribution in [3.8, 4) is 0 Å². The van der Waals surface area contributed by atoms with Crippen molar-refractivity contribution in [2.45, 2.75) is 38.4 Å². The van der Waals surface area contributed by atoms with Crippen molar-refractivity contribution in [2.24, 2.45) is 7.05 Å². The summed E-state index contributed by atoms with van der Waals surface area (Å²) in [5, 5.41) is 4.26. The summed E-state index contributed by atoms with van der Waals surface area (Å²) in [6.07, 6.45) is -4.43. The van der Waals surface area contributed by atoms with Crippen molar-refractivity contribution in [2.75, 3.05) is 0 Å². The molecular weight excluding hydrogens is 281 g/mol. The van der Waals surface area contributed by atoms with E-state index in [0.717, 1.165) is 5.69 Å². The molecule has 0 atom stereocenters. The second-order valence-corrected chi connectivity index (χ2v) is 4.54. The maximum atomic E-state index is 12.4. The van der Waals surface area contributed by atoms with Crippen molar-refractivity contribution < 1.29 is 13.2 Å². The highest BCUT2D eigenvalue weighted by Crippen LogP contribution is 2.25. The summed E-state index contributed by atoms with van der Waals surface area (Å²) in [7, 11) is 1.70. The van der Waals surface area contributed by atoms with E-state index in [1.807, 2.05) is 6.92 Å². The first-order valence-electron chi connectivity index (χ1n) is 5.91. The number of alkyl halides is 4. The van der Waals surface area contributed by atoms with Gasteiger partial charge in [0.25, 0.3) is 0 Å². The number of aromatic nitrogens is 4. The Morgan fingerprint density at radius 1 is 1.32 bits per heavy atom. The van der Waals surface area contributed by atoms with Crippen LogP contribution in [0, 0.1) is 0 Å². The summed E-state index contributed by atoms with van der Waals surface area (Å²) in [6, 6.07) is 0. The van der Waals surface area contributed by atoms with E-state index in [0.29, 0.717) is 23.4 Å². The lowest BCUT2D eigenvalue weighted by Crippen LogP contribution is -2.14. The average Bonchev–Trinajstić information content (AvgIpc) is 2.83. The Balaban J connectivity index is 2.48. The largest absolute Gasteiger partial charge is 0.390 e. The summed E-state index contributed by atoms with van der Waals surface area (Å²) >= 11 is 5.76. The molecule has 0 radical (unpaired) electrons. The van der Waals surface area contributed by atoms with Crippen LogP contribution >= 0.6 is 11.6 Å². The third kappa shape index (κ3) is 2.70. The molecule has 8 heteroatoms. The van der Waals surface area contributed by atoms with Gasteiger partial charge in [-0.3, -0.25) is 4.68 Å². The van der Waals surface area contributed by atoms with Gasteiger partial charge in [0.05, 0.1) is 18.0 Å². The summed E-state index contributed by atoms with van der Waals surface area (Å²) in [5.41, 5.74) is 2.01. The van der Waals surface area contributed by atoms with Crippen LogP contribution in [0.2, 0.25) is 0 Å². The predicted molar refractivity (Wildman–Crippen MR) is 66.1 cm³/mol. The molecule has 0 saturated carbocycles. The van der Waals surface area contributed by atoms with Gasteiger partial charge in [-0.2, -0.15) is 18.3 Å². The lowest BCUT2D eigenvalue weighted by atomic mass is 10.3. The SMILES string of the molecule is CCc1nn(C)c2c1nc(CCl)n2CCC(F)(F)F. The van der Waals surface area contributed by atoms with Gasteiger partial charge in [-0.1, -0.05) is 6.92 Å². The number of aryl methyl sites for hydroxylation is 3. The Morgan fingerprint density at radius 2 is 2.00 bits per heavy atom. The first kappa shape index (κ1) is 14.2. The highest BCUT2D eigenvalue weighted by molar-refractivity contribution is 6.16. The Kier molecular flexibility index (Phi) is 3.75. The third-order valence-corrected chi connectivity index (χ3v) is 3.18. The molecule has 19 heavy (non-hydrogen) atoms. The molecule has 0 unspecified atom stereocenters. The van der Waals surface area contributed by atoms with E-state index in [-0.39, 0.29) is 12.4 Å². The van der Waals surface area contributed by atoms with Crippen LogP contribution in [0.3, 0.4) is 0 Å². The molecule has 0 fully saturated rings. The molecule has 0 aliphatic rings. The quantitative estimate of drug-likeness (QED) is 0.813. The summed E-state index contributed by atoms with van der Waals surface area (Å²) < 4.78 is 40.2. The van der Waals surface area contributed by atoms with Gasteiger partial charge in [-0.15, -0.1) is 11.6 Å². The molecule has 0 aliphatic carbocycles. The van der Waals surface area contributed by atoms with E-state index >= 15 is 0 Å². The highest BCUT2D eigenvalue weighted by atomic mass is 35.5. The summed E-state index contributed by atoms with van der Waals surface area (Å²) in [4.78, 5) is 4.30. The number of fused-ring (bicyclic) bond motifs is 1. The standard InChI is InChI=1S/C11H14ClF3N4/c1-3-7-9-10(18(2)17-7)19(8(6-12)16-9)5-4-11(13,14)15/h3-6H2,1-2H3. The molecule has 2 rings (SSSR count). The Hall–Kier alpha value is -1.24. The molecule has 0 amide bonds. The Bertz CT molecular complexity index is 585. The molecule has 0 aliphatic heterocycles. The van der Waals surface area contributed by atoms with Crippen LogP contribution in [0.25, 0.3) is 11.2 Å². The number of nitrogens with zero attached hydrogens (tertiary/aromatic N) is 4. The van der Waals surface area contributed by atoms with Crippen molar-refractivity contribution >= 4 is 22.8 Å². The first-order chi connectivity index (χ1) is 8.87. The first-order valence-corrected chi connectivity index (χ1v) is 6.44. The molecule has 2 aromatic rings. The second-order valence-electron chi connectivity index (χ2n) is 4.27. The third-order valence-electron chi connectivity index (χ3n) is 2.94. The monoisotopic (exact) mass is 294 g/mol. The molecule has 0 aromatic carbocycles. The molecule has 2 heterocycles. The number of imidazole rings is 1. The maximum absolute atomic E-state index is 12.4. The van der Waals surface area contributed by atoms with Gasteiger partial charge in [0.2, 0.25) is 0 Å². The van der Waals surface area contributed by atoms with Gasteiger partial charge in [-0.05, 0) is 6.42 Å². The van der Waals surface area contributed by atoms with Crippen LogP contribution in [0.4, 0.5) is 13.2 Å². The minimum atomic E-state index is -4.20. The van der Waals surface area contributed by atoms with Gasteiger partial charge in [0.1, 0.15) is 11.3 Å². The zero-order valence-corrected chi connectivity index (χ0v) is 11.4. The van der Waals surface area contributed by atoms with Crippen LogP contribution in [-0.2, 0) is 25.9 Å². The fraction of sp³-hybridized carbons (Fsp3) is 0.636. The van der Waals surface area contributed by atoms with Crippen molar-refractivity contribution in [3.05, 3.63) is 11.5 Å². The lowest BCUT2D eigenvalue weighted by Gasteiger charge is -2.10. The van der Waals surface area contributed by atoms with E-state index in [9.17, 15) is 13.2 Å². The van der Waals surface area contributed by atoms with Crippen LogP contribution in [0.5, 0.6) is 0 Å². The fourth-order valence-electron chi connectivity index (χ4n) is 2.10. The van der Waals surface area contributed by atoms with Gasteiger partial charge < -0.3 is 4.57 Å². The summed E-state index contributed by atoms with van der Waals surface area (Å²) in [5.74, 6) is 0.527. The smallest absolute Gasteiger partial charge is 0.312 e. The number of rotatable bonds is 4. The molecule has 2 aromatic heterocycles. The molecule has 106 valence electrons. The molecular formula is C11H14ClF3N4. The van der Waals surface area contributed by atoms with E-state index < -0.39 is 12.6 Å². The van der Waals surface area contributed by atoms with Gasteiger partial charge in [-0.25, -0.2) is 4.98 Å². The molecule has 0 N–H and O–H groups in total. The predicted octanol–water partition coefficient (Wildman–Crippen LogP) is 3.02. The van der Waals surface area contributed by atoms with Crippen molar-refractivity contribution in [1.29, 1.82) is 0 Å². The van der Waals surface area contributed by atoms with Crippen LogP contribution < -0.4 is 0 Å². The van der Waals surface area contributed by atoms with Crippen LogP contribution in [0.1, 0.15) is 24.9 Å². The van der Waals surface area contributed by atoms with Gasteiger partial charge >= 0.3 is 6.18 Å². The highest BCUT2D eigenvalue weighted by Gasteiger charge is 2.28. The number of halogens is 4. The fourth-order valence-corrected chi connectivity index (χ4v) is 2.30. The van der Waals surface area contributed by atoms with E-state index in [1.165, 1.54) is 4.57 Å². The second kappa shape index (κ2) is 5.03. The van der Waals surface area contributed by atoms with Gasteiger partial charge in [0.15, 0.2) is 5.65 Å². The van der Waals surface area contributed by atoms with Crippen molar-refractivity contribution in [3.63, 3.8) is 0 Å². The van der Waals surface area contributed by atoms with Crippen molar-refractivity contribution in [1.82, 2.24) is 19.3 Å². The van der Waals surface area contributed by atoms with Crippen LogP contribution in [-0.4, -0.2) is 25.5 Å². The minimum Gasteiger partial charge on any atom is -0.312 e. The zero-order valence-electron chi connectivity index (χ0n) is 10.6. The van der Waals surface area contributed by atoms with E-state index in [2.05, 4.69) is 10.1 Å². The normalized spacial score (nSPS) is 12.5. The molecule has 0 bridgehead atoms. The maximum Gasteiger partial charge on any atom is 0.390 e. The lowest BCUT2D eigenvalue weighted by molar-refractivity contribution is -0.136. The summed E-state index contributed by atoms with van der Waals surface area (Å²) in [6.45, 7) is 1.74. The number of hydrogen-bond donors (Lipinski definition) is 0. The molecule has 0 spiro atoms. The topological polar surface area (TPSA) is 35.6 Å². The Morgan fingerprint density at radius 3 is 2.53 bits per heavy atom. The molecule has 0 saturated heterocycles. The molecule has 4 nitrogen and oxygen atoms in total. The average molecular weight is 295 g/mol.